The Hall–Kier alpha value is -1.42. The fourth-order valence-electron chi connectivity index (χ4n) is 1.29. The summed E-state index contributed by atoms with van der Waals surface area (Å²) in [6, 6.07) is 7.99. The number of aromatic nitrogens is 3. The standard InChI is InChI=1S/C11H15N3Si/c1-15(2,3)9-8-14-11-7-5-4-6-10(11)12-13-14/h4-9H,1-3H3. The van der Waals surface area contributed by atoms with Gasteiger partial charge in [0, 0.05) is 6.20 Å². The van der Waals surface area contributed by atoms with Crippen molar-refractivity contribution in [2.24, 2.45) is 0 Å². The molecule has 0 radical (unpaired) electrons. The van der Waals surface area contributed by atoms with Crippen LogP contribution in [0.2, 0.25) is 19.6 Å². The third-order valence-electron chi connectivity index (χ3n) is 2.09. The Morgan fingerprint density at radius 2 is 1.93 bits per heavy atom. The summed E-state index contributed by atoms with van der Waals surface area (Å²) < 4.78 is 1.84. The molecule has 0 aliphatic heterocycles. The first-order chi connectivity index (χ1) is 7.06. The predicted octanol–water partition coefficient (Wildman–Crippen LogP) is 2.78. The van der Waals surface area contributed by atoms with Crippen molar-refractivity contribution in [2.45, 2.75) is 19.6 Å². The Labute approximate surface area is 90.4 Å². The fraction of sp³-hybridized carbons (Fsp3) is 0.273. The number of hydrogen-bond donors (Lipinski definition) is 0. The molecule has 0 amide bonds. The van der Waals surface area contributed by atoms with Crippen LogP contribution in [0.3, 0.4) is 0 Å². The first-order valence-electron chi connectivity index (χ1n) is 5.05. The van der Waals surface area contributed by atoms with E-state index >= 15 is 0 Å². The number of nitrogens with zero attached hydrogens (tertiary/aromatic N) is 3. The van der Waals surface area contributed by atoms with Crippen LogP contribution >= 0.6 is 0 Å². The lowest BCUT2D eigenvalue weighted by molar-refractivity contribution is 0.861. The molecule has 4 heteroatoms. The molecule has 0 saturated heterocycles. The molecule has 0 saturated carbocycles. The van der Waals surface area contributed by atoms with E-state index in [0.717, 1.165) is 11.0 Å². The second kappa shape index (κ2) is 3.62. The molecular weight excluding hydrogens is 202 g/mol. The van der Waals surface area contributed by atoms with Gasteiger partial charge in [0.05, 0.1) is 13.6 Å². The number of rotatable bonds is 2. The van der Waals surface area contributed by atoms with E-state index in [2.05, 4.69) is 35.7 Å². The van der Waals surface area contributed by atoms with E-state index in [1.54, 1.807) is 0 Å². The normalized spacial score (nSPS) is 12.7. The van der Waals surface area contributed by atoms with Crippen LogP contribution in [0.15, 0.2) is 30.0 Å². The Morgan fingerprint density at radius 1 is 1.20 bits per heavy atom. The molecule has 0 N–H and O–H groups in total. The zero-order chi connectivity index (χ0) is 10.9. The first kappa shape index (κ1) is 10.1. The Bertz CT molecular complexity index is 494. The van der Waals surface area contributed by atoms with E-state index in [-0.39, 0.29) is 0 Å². The maximum atomic E-state index is 4.10. The topological polar surface area (TPSA) is 30.7 Å². The second-order valence-corrected chi connectivity index (χ2v) is 9.77. The fourth-order valence-corrected chi connectivity index (χ4v) is 1.88. The van der Waals surface area contributed by atoms with E-state index in [1.807, 2.05) is 35.1 Å². The number of hydrogen-bond acceptors (Lipinski definition) is 2. The average Bonchev–Trinajstić information content (AvgIpc) is 2.57. The van der Waals surface area contributed by atoms with Crippen LogP contribution in [0.1, 0.15) is 0 Å². The summed E-state index contributed by atoms with van der Waals surface area (Å²) in [5, 5.41) is 8.20. The van der Waals surface area contributed by atoms with Crippen molar-refractivity contribution in [3.05, 3.63) is 30.0 Å². The van der Waals surface area contributed by atoms with E-state index in [4.69, 9.17) is 0 Å². The Morgan fingerprint density at radius 3 is 2.67 bits per heavy atom. The molecule has 0 fully saturated rings. The van der Waals surface area contributed by atoms with Gasteiger partial charge in [0.15, 0.2) is 0 Å². The van der Waals surface area contributed by atoms with Crippen LogP contribution < -0.4 is 0 Å². The molecule has 2 aromatic rings. The van der Waals surface area contributed by atoms with E-state index in [9.17, 15) is 0 Å². The van der Waals surface area contributed by atoms with Gasteiger partial charge in [-0.25, -0.2) is 4.68 Å². The lowest BCUT2D eigenvalue weighted by atomic mass is 10.3. The lowest BCUT2D eigenvalue weighted by Crippen LogP contribution is -2.15. The minimum Gasteiger partial charge on any atom is -0.221 e. The highest BCUT2D eigenvalue weighted by molar-refractivity contribution is 6.81. The molecule has 0 bridgehead atoms. The van der Waals surface area contributed by atoms with E-state index < -0.39 is 8.07 Å². The molecule has 78 valence electrons. The minimum atomic E-state index is -1.17. The van der Waals surface area contributed by atoms with Crippen molar-refractivity contribution in [3.63, 3.8) is 0 Å². The third kappa shape index (κ3) is 2.33. The van der Waals surface area contributed by atoms with Gasteiger partial charge in [-0.2, -0.15) is 0 Å². The molecular formula is C11H15N3Si. The Balaban J connectivity index is 2.41. The summed E-state index contributed by atoms with van der Waals surface area (Å²) in [7, 11) is -1.17. The summed E-state index contributed by atoms with van der Waals surface area (Å²) in [6.07, 6.45) is 2.03. The van der Waals surface area contributed by atoms with Crippen LogP contribution in [-0.4, -0.2) is 23.1 Å². The summed E-state index contributed by atoms with van der Waals surface area (Å²) in [4.78, 5) is 0. The quantitative estimate of drug-likeness (QED) is 0.724. The van der Waals surface area contributed by atoms with Crippen LogP contribution in [0.4, 0.5) is 0 Å². The van der Waals surface area contributed by atoms with Gasteiger partial charge in [-0.05, 0) is 12.1 Å². The number of fused-ring (bicyclic) bond motifs is 1. The van der Waals surface area contributed by atoms with Crippen molar-refractivity contribution in [2.75, 3.05) is 0 Å². The highest BCUT2D eigenvalue weighted by Gasteiger charge is 2.07. The number of benzene rings is 1. The lowest BCUT2D eigenvalue weighted by Gasteiger charge is -2.07. The van der Waals surface area contributed by atoms with Crippen molar-refractivity contribution in [1.82, 2.24) is 15.0 Å². The molecule has 2 rings (SSSR count). The van der Waals surface area contributed by atoms with Crippen LogP contribution in [-0.2, 0) is 0 Å². The third-order valence-corrected chi connectivity index (χ3v) is 3.24. The Kier molecular flexibility index (Phi) is 2.44. The maximum absolute atomic E-state index is 4.10. The van der Waals surface area contributed by atoms with E-state index in [0.29, 0.717) is 0 Å². The molecule has 1 aromatic carbocycles. The molecule has 0 aliphatic rings. The van der Waals surface area contributed by atoms with Gasteiger partial charge < -0.3 is 0 Å². The summed E-state index contributed by atoms with van der Waals surface area (Å²) in [5.41, 5.74) is 4.26. The van der Waals surface area contributed by atoms with E-state index in [1.165, 1.54) is 0 Å². The van der Waals surface area contributed by atoms with Crippen molar-refractivity contribution in [1.29, 1.82) is 0 Å². The maximum Gasteiger partial charge on any atom is 0.113 e. The zero-order valence-electron chi connectivity index (χ0n) is 9.31. The second-order valence-electron chi connectivity index (χ2n) is 4.70. The highest BCUT2D eigenvalue weighted by Crippen LogP contribution is 2.11. The molecule has 1 aromatic heterocycles. The summed E-state index contributed by atoms with van der Waals surface area (Å²) >= 11 is 0. The van der Waals surface area contributed by atoms with Gasteiger partial charge >= 0.3 is 0 Å². The average molecular weight is 217 g/mol. The van der Waals surface area contributed by atoms with Gasteiger partial charge in [-0.1, -0.05) is 42.7 Å². The van der Waals surface area contributed by atoms with Gasteiger partial charge in [0.25, 0.3) is 0 Å². The first-order valence-corrected chi connectivity index (χ1v) is 8.63. The van der Waals surface area contributed by atoms with Gasteiger partial charge in [0.2, 0.25) is 0 Å². The largest absolute Gasteiger partial charge is 0.221 e. The minimum absolute atomic E-state index is 0.942. The van der Waals surface area contributed by atoms with Crippen molar-refractivity contribution < 1.29 is 0 Å². The molecule has 0 atom stereocenters. The smallest absolute Gasteiger partial charge is 0.113 e. The molecule has 1 heterocycles. The predicted molar refractivity (Wildman–Crippen MR) is 66.2 cm³/mol. The van der Waals surface area contributed by atoms with Crippen LogP contribution in [0.5, 0.6) is 0 Å². The molecule has 0 aliphatic carbocycles. The monoisotopic (exact) mass is 217 g/mol. The van der Waals surface area contributed by atoms with Crippen LogP contribution in [0, 0.1) is 0 Å². The SMILES string of the molecule is C[Si](C)(C)C=Cn1nnc2ccccc21. The zero-order valence-corrected chi connectivity index (χ0v) is 10.3. The summed E-state index contributed by atoms with van der Waals surface area (Å²) in [5.74, 6) is 0. The van der Waals surface area contributed by atoms with Crippen molar-refractivity contribution in [3.8, 4) is 0 Å². The molecule has 0 spiro atoms. The van der Waals surface area contributed by atoms with Crippen molar-refractivity contribution >= 4 is 25.3 Å². The molecule has 3 nitrogen and oxygen atoms in total. The van der Waals surface area contributed by atoms with Gasteiger partial charge in [-0.15, -0.1) is 5.10 Å². The number of para-hydroxylation sites is 1. The van der Waals surface area contributed by atoms with Gasteiger partial charge in [0.1, 0.15) is 5.52 Å². The molecule has 15 heavy (non-hydrogen) atoms. The van der Waals surface area contributed by atoms with Gasteiger partial charge in [-0.3, -0.25) is 0 Å². The highest BCUT2D eigenvalue weighted by atomic mass is 28.3. The molecule has 0 unspecified atom stereocenters. The summed E-state index contributed by atoms with van der Waals surface area (Å²) in [6.45, 7) is 6.88. The van der Waals surface area contributed by atoms with Crippen LogP contribution in [0.25, 0.3) is 17.2 Å².